The van der Waals surface area contributed by atoms with Gasteiger partial charge in [0.15, 0.2) is 0 Å². The van der Waals surface area contributed by atoms with E-state index in [1.807, 2.05) is 10.6 Å². The summed E-state index contributed by atoms with van der Waals surface area (Å²) in [7, 11) is 0. The van der Waals surface area contributed by atoms with E-state index in [0.29, 0.717) is 6.54 Å². The van der Waals surface area contributed by atoms with Crippen molar-refractivity contribution < 1.29 is 4.39 Å². The van der Waals surface area contributed by atoms with Crippen LogP contribution in [0.4, 0.5) is 10.3 Å². The third-order valence-corrected chi connectivity index (χ3v) is 7.64. The normalized spacial score (nSPS) is 17.3. The molecule has 7 heteroatoms. The number of anilines is 1. The summed E-state index contributed by atoms with van der Waals surface area (Å²) in [5, 5.41) is 0.877. The summed E-state index contributed by atoms with van der Waals surface area (Å²) in [4.78, 5) is 25.4. The highest BCUT2D eigenvalue weighted by atomic mass is 32.1. The number of rotatable bonds is 5. The van der Waals surface area contributed by atoms with Crippen LogP contribution in [-0.2, 0) is 25.9 Å². The van der Waals surface area contributed by atoms with E-state index in [9.17, 15) is 9.18 Å². The van der Waals surface area contributed by atoms with E-state index in [0.717, 1.165) is 73.7 Å². The highest BCUT2D eigenvalue weighted by molar-refractivity contribution is 7.18. The van der Waals surface area contributed by atoms with Gasteiger partial charge in [-0.1, -0.05) is 19.1 Å². The molecule has 3 aromatic rings. The molecule has 1 aliphatic heterocycles. The first-order chi connectivity index (χ1) is 15.1. The summed E-state index contributed by atoms with van der Waals surface area (Å²) in [6, 6.07) is 6.84. The molecule has 1 aliphatic carbocycles. The van der Waals surface area contributed by atoms with Crippen LogP contribution in [0.1, 0.15) is 42.2 Å². The van der Waals surface area contributed by atoms with Crippen molar-refractivity contribution in [1.82, 2.24) is 14.5 Å². The van der Waals surface area contributed by atoms with E-state index >= 15 is 0 Å². The molecular formula is C24H29FN4OS. The number of fused-ring (bicyclic) bond motifs is 3. The van der Waals surface area contributed by atoms with Crippen molar-refractivity contribution in [2.75, 3.05) is 31.1 Å². The highest BCUT2D eigenvalue weighted by Crippen LogP contribution is 2.34. The van der Waals surface area contributed by atoms with Crippen LogP contribution in [0.25, 0.3) is 10.2 Å². The predicted molar refractivity (Wildman–Crippen MR) is 125 cm³/mol. The highest BCUT2D eigenvalue weighted by Gasteiger charge is 2.26. The molecule has 0 atom stereocenters. The van der Waals surface area contributed by atoms with Gasteiger partial charge < -0.3 is 4.90 Å². The molecule has 2 aliphatic rings. The molecule has 0 bridgehead atoms. The fourth-order valence-electron chi connectivity index (χ4n) is 4.89. The van der Waals surface area contributed by atoms with Gasteiger partial charge in [0, 0.05) is 44.1 Å². The van der Waals surface area contributed by atoms with Gasteiger partial charge in [-0.05, 0) is 55.4 Å². The van der Waals surface area contributed by atoms with E-state index in [2.05, 4.69) is 16.7 Å². The maximum absolute atomic E-state index is 13.5. The third kappa shape index (κ3) is 4.01. The summed E-state index contributed by atoms with van der Waals surface area (Å²) in [5.74, 6) is 0.638. The molecule has 1 aromatic carbocycles. The predicted octanol–water partition coefficient (Wildman–Crippen LogP) is 4.21. The van der Waals surface area contributed by atoms with Crippen LogP contribution < -0.4 is 10.5 Å². The Hall–Kier alpha value is -2.25. The van der Waals surface area contributed by atoms with Gasteiger partial charge in [-0.25, -0.2) is 9.37 Å². The second-order valence-electron chi connectivity index (χ2n) is 8.65. The van der Waals surface area contributed by atoms with Gasteiger partial charge in [-0.2, -0.15) is 0 Å². The van der Waals surface area contributed by atoms with Crippen LogP contribution in [-0.4, -0.2) is 40.6 Å². The third-order valence-electron chi connectivity index (χ3n) is 6.45. The zero-order chi connectivity index (χ0) is 21.4. The minimum Gasteiger partial charge on any atom is -0.340 e. The molecule has 5 rings (SSSR count). The SMILES string of the molecule is CCCn1c(N2CCN(Cc3cccc(F)c3)CC2)nc2sc3c(c2c1=O)CCCC3. The van der Waals surface area contributed by atoms with Crippen LogP contribution in [0.3, 0.4) is 0 Å². The fraction of sp³-hybridized carbons (Fsp3) is 0.500. The van der Waals surface area contributed by atoms with Crippen LogP contribution >= 0.6 is 11.3 Å². The summed E-state index contributed by atoms with van der Waals surface area (Å²) in [6.07, 6.45) is 5.38. The lowest BCUT2D eigenvalue weighted by Gasteiger charge is -2.36. The Bertz CT molecular complexity index is 1150. The summed E-state index contributed by atoms with van der Waals surface area (Å²) in [6.45, 7) is 6.95. The van der Waals surface area contributed by atoms with Gasteiger partial charge in [-0.3, -0.25) is 14.3 Å². The zero-order valence-electron chi connectivity index (χ0n) is 18.1. The minimum atomic E-state index is -0.184. The van der Waals surface area contributed by atoms with Crippen molar-refractivity contribution in [2.45, 2.75) is 52.1 Å². The summed E-state index contributed by atoms with van der Waals surface area (Å²) < 4.78 is 15.4. The number of aryl methyl sites for hydroxylation is 2. The summed E-state index contributed by atoms with van der Waals surface area (Å²) >= 11 is 1.73. The fourth-order valence-corrected chi connectivity index (χ4v) is 6.14. The van der Waals surface area contributed by atoms with E-state index in [4.69, 9.17) is 4.98 Å². The largest absolute Gasteiger partial charge is 0.340 e. The number of hydrogen-bond donors (Lipinski definition) is 0. The first-order valence-corrected chi connectivity index (χ1v) is 12.2. The Balaban J connectivity index is 1.41. The molecular weight excluding hydrogens is 411 g/mol. The smallest absolute Gasteiger partial charge is 0.263 e. The van der Waals surface area contributed by atoms with Crippen molar-refractivity contribution >= 4 is 27.5 Å². The monoisotopic (exact) mass is 440 g/mol. The molecule has 2 aromatic heterocycles. The van der Waals surface area contributed by atoms with Gasteiger partial charge in [0.1, 0.15) is 10.6 Å². The zero-order valence-corrected chi connectivity index (χ0v) is 18.9. The molecule has 0 saturated carbocycles. The molecule has 0 spiro atoms. The van der Waals surface area contributed by atoms with E-state index < -0.39 is 0 Å². The first-order valence-electron chi connectivity index (χ1n) is 11.4. The summed E-state index contributed by atoms with van der Waals surface area (Å²) in [5.41, 5.74) is 2.41. The van der Waals surface area contributed by atoms with Crippen molar-refractivity contribution in [3.63, 3.8) is 0 Å². The van der Waals surface area contributed by atoms with Crippen molar-refractivity contribution in [3.8, 4) is 0 Å². The molecule has 0 unspecified atom stereocenters. The average molecular weight is 441 g/mol. The molecule has 31 heavy (non-hydrogen) atoms. The van der Waals surface area contributed by atoms with Gasteiger partial charge in [0.2, 0.25) is 5.95 Å². The standard InChI is InChI=1S/C24H29FN4OS/c1-2-10-29-23(30)21-19-8-3-4-9-20(19)31-22(21)26-24(29)28-13-11-27(12-14-28)16-17-6-5-7-18(25)15-17/h5-7,15H,2-4,8-14,16H2,1H3. The van der Waals surface area contributed by atoms with E-state index in [-0.39, 0.29) is 11.4 Å². The molecule has 0 radical (unpaired) electrons. The molecule has 164 valence electrons. The Morgan fingerprint density at radius 3 is 2.71 bits per heavy atom. The Morgan fingerprint density at radius 1 is 1.13 bits per heavy atom. The minimum absolute atomic E-state index is 0.142. The molecule has 3 heterocycles. The number of thiophene rings is 1. The molecule has 1 saturated heterocycles. The van der Waals surface area contributed by atoms with Gasteiger partial charge in [0.05, 0.1) is 5.39 Å². The lowest BCUT2D eigenvalue weighted by molar-refractivity contribution is 0.247. The second kappa shape index (κ2) is 8.71. The van der Waals surface area contributed by atoms with Crippen LogP contribution in [0.15, 0.2) is 29.1 Å². The number of piperazine rings is 1. The van der Waals surface area contributed by atoms with Gasteiger partial charge >= 0.3 is 0 Å². The van der Waals surface area contributed by atoms with E-state index in [1.165, 1.54) is 29.3 Å². The van der Waals surface area contributed by atoms with Crippen LogP contribution in [0, 0.1) is 5.82 Å². The van der Waals surface area contributed by atoms with Gasteiger partial charge in [0.25, 0.3) is 5.56 Å². The topological polar surface area (TPSA) is 41.4 Å². The van der Waals surface area contributed by atoms with Crippen molar-refractivity contribution in [2.24, 2.45) is 0 Å². The number of hydrogen-bond acceptors (Lipinski definition) is 5. The molecule has 5 nitrogen and oxygen atoms in total. The number of benzene rings is 1. The lowest BCUT2D eigenvalue weighted by atomic mass is 9.97. The first kappa shape index (κ1) is 20.6. The average Bonchev–Trinajstić information content (AvgIpc) is 3.15. The van der Waals surface area contributed by atoms with Crippen LogP contribution in [0.5, 0.6) is 0 Å². The quantitative estimate of drug-likeness (QED) is 0.596. The number of aromatic nitrogens is 2. The van der Waals surface area contributed by atoms with Crippen molar-refractivity contribution in [1.29, 1.82) is 0 Å². The number of nitrogens with zero attached hydrogens (tertiary/aromatic N) is 4. The Kier molecular flexibility index (Phi) is 5.80. The molecule has 0 N–H and O–H groups in total. The van der Waals surface area contributed by atoms with Gasteiger partial charge in [-0.15, -0.1) is 11.3 Å². The lowest BCUT2D eigenvalue weighted by Crippen LogP contribution is -2.48. The molecule has 1 fully saturated rings. The maximum Gasteiger partial charge on any atom is 0.263 e. The molecule has 0 amide bonds. The van der Waals surface area contributed by atoms with Crippen molar-refractivity contribution in [3.05, 3.63) is 56.4 Å². The second-order valence-corrected chi connectivity index (χ2v) is 9.74. The Morgan fingerprint density at radius 2 is 1.94 bits per heavy atom. The van der Waals surface area contributed by atoms with E-state index in [1.54, 1.807) is 23.5 Å². The number of halogens is 1. The Labute approximate surface area is 186 Å². The van der Waals surface area contributed by atoms with Crippen LogP contribution in [0.2, 0.25) is 0 Å². The maximum atomic E-state index is 13.5.